The van der Waals surface area contributed by atoms with Gasteiger partial charge in [0.05, 0.1) is 13.2 Å². The van der Waals surface area contributed by atoms with Gasteiger partial charge in [0.1, 0.15) is 0 Å². The third kappa shape index (κ3) is 5.67. The van der Waals surface area contributed by atoms with Gasteiger partial charge in [-0.3, -0.25) is 4.90 Å². The molecule has 1 heterocycles. The third-order valence-electron chi connectivity index (χ3n) is 6.01. The highest BCUT2D eigenvalue weighted by Gasteiger charge is 2.34. The van der Waals surface area contributed by atoms with Crippen LogP contribution < -0.4 is 10.6 Å². The number of benzene rings is 1. The van der Waals surface area contributed by atoms with Gasteiger partial charge >= 0.3 is 0 Å². The summed E-state index contributed by atoms with van der Waals surface area (Å²) in [5.41, 5.74) is 2.88. The molecule has 0 radical (unpaired) electrons. The highest BCUT2D eigenvalue weighted by atomic mass is 35.5. The second-order valence-electron chi connectivity index (χ2n) is 8.00. The zero-order valence-electron chi connectivity index (χ0n) is 16.5. The highest BCUT2D eigenvalue weighted by Crippen LogP contribution is 2.30. The molecule has 3 rings (SSSR count). The van der Waals surface area contributed by atoms with E-state index in [4.69, 9.17) is 4.74 Å². The van der Waals surface area contributed by atoms with Crippen molar-refractivity contribution in [2.75, 3.05) is 26.8 Å². The quantitative estimate of drug-likeness (QED) is 0.760. The first kappa shape index (κ1) is 21.6. The SMILES string of the molecule is CC(C)N(C)Cc1ccccc1CNC1CCCC1C1COCCN1.Cl. The van der Waals surface area contributed by atoms with E-state index in [1.165, 1.54) is 30.4 Å². The van der Waals surface area contributed by atoms with Gasteiger partial charge in [-0.15, -0.1) is 12.4 Å². The fourth-order valence-corrected chi connectivity index (χ4v) is 4.16. The van der Waals surface area contributed by atoms with Crippen LogP contribution in [-0.2, 0) is 17.8 Å². The predicted molar refractivity (Wildman–Crippen MR) is 111 cm³/mol. The van der Waals surface area contributed by atoms with E-state index in [0.717, 1.165) is 32.8 Å². The molecule has 2 aliphatic rings. The standard InChI is InChI=1S/C21H35N3O.ClH/c1-16(2)24(3)14-18-8-5-4-7-17(18)13-23-20-10-6-9-19(20)21-15-25-12-11-22-21;/h4-5,7-8,16,19-23H,6,9-15H2,1-3H3;1H. The lowest BCUT2D eigenvalue weighted by Crippen LogP contribution is -2.50. The molecule has 0 spiro atoms. The average Bonchev–Trinajstić information content (AvgIpc) is 3.10. The second kappa shape index (κ2) is 10.6. The first-order valence-electron chi connectivity index (χ1n) is 9.96. The van der Waals surface area contributed by atoms with Crippen LogP contribution in [0.1, 0.15) is 44.2 Å². The van der Waals surface area contributed by atoms with Crippen molar-refractivity contribution in [2.24, 2.45) is 5.92 Å². The molecule has 4 nitrogen and oxygen atoms in total. The zero-order chi connectivity index (χ0) is 17.6. The lowest BCUT2D eigenvalue weighted by molar-refractivity contribution is 0.0524. The molecular formula is C21H36ClN3O. The van der Waals surface area contributed by atoms with Crippen LogP contribution in [0, 0.1) is 5.92 Å². The maximum atomic E-state index is 5.70. The van der Waals surface area contributed by atoms with E-state index < -0.39 is 0 Å². The largest absolute Gasteiger partial charge is 0.379 e. The van der Waals surface area contributed by atoms with Crippen molar-refractivity contribution in [1.82, 2.24) is 15.5 Å². The number of nitrogens with zero attached hydrogens (tertiary/aromatic N) is 1. The number of rotatable bonds is 7. The summed E-state index contributed by atoms with van der Waals surface area (Å²) in [6.45, 7) is 9.22. The molecule has 1 aliphatic heterocycles. The monoisotopic (exact) mass is 381 g/mol. The van der Waals surface area contributed by atoms with Crippen LogP contribution in [0.25, 0.3) is 0 Å². The molecule has 1 saturated heterocycles. The Morgan fingerprint density at radius 2 is 2.00 bits per heavy atom. The summed E-state index contributed by atoms with van der Waals surface area (Å²) in [4.78, 5) is 2.40. The molecule has 1 saturated carbocycles. The molecule has 0 amide bonds. The van der Waals surface area contributed by atoms with Crippen molar-refractivity contribution in [3.8, 4) is 0 Å². The summed E-state index contributed by atoms with van der Waals surface area (Å²) >= 11 is 0. The first-order chi connectivity index (χ1) is 12.1. The van der Waals surface area contributed by atoms with Gasteiger partial charge in [-0.25, -0.2) is 0 Å². The fraction of sp³-hybridized carbons (Fsp3) is 0.714. The lowest BCUT2D eigenvalue weighted by atomic mass is 9.93. The molecule has 5 heteroatoms. The van der Waals surface area contributed by atoms with Gasteiger partial charge in [0.2, 0.25) is 0 Å². The molecule has 1 aromatic rings. The minimum absolute atomic E-state index is 0. The van der Waals surface area contributed by atoms with Crippen LogP contribution >= 0.6 is 12.4 Å². The predicted octanol–water partition coefficient (Wildman–Crippen LogP) is 3.20. The summed E-state index contributed by atoms with van der Waals surface area (Å²) in [6, 6.07) is 10.6. The fourth-order valence-electron chi connectivity index (χ4n) is 4.16. The smallest absolute Gasteiger partial charge is 0.0623 e. The van der Waals surface area contributed by atoms with Crippen molar-refractivity contribution in [3.63, 3.8) is 0 Å². The molecule has 2 N–H and O–H groups in total. The van der Waals surface area contributed by atoms with E-state index in [9.17, 15) is 0 Å². The lowest BCUT2D eigenvalue weighted by Gasteiger charge is -2.33. The molecule has 0 aromatic heterocycles. The first-order valence-corrected chi connectivity index (χ1v) is 9.96. The van der Waals surface area contributed by atoms with Crippen LogP contribution in [0.3, 0.4) is 0 Å². The minimum Gasteiger partial charge on any atom is -0.379 e. The number of nitrogens with one attached hydrogen (secondary N) is 2. The van der Waals surface area contributed by atoms with Crippen molar-refractivity contribution in [1.29, 1.82) is 0 Å². The van der Waals surface area contributed by atoms with E-state index in [1.807, 2.05) is 0 Å². The van der Waals surface area contributed by atoms with Gasteiger partial charge < -0.3 is 15.4 Å². The van der Waals surface area contributed by atoms with Crippen LogP contribution in [-0.4, -0.2) is 49.8 Å². The Hall–Kier alpha value is -0.650. The van der Waals surface area contributed by atoms with E-state index in [2.05, 4.69) is 60.7 Å². The van der Waals surface area contributed by atoms with E-state index in [0.29, 0.717) is 24.0 Å². The molecule has 26 heavy (non-hydrogen) atoms. The van der Waals surface area contributed by atoms with Crippen molar-refractivity contribution >= 4 is 12.4 Å². The molecule has 148 valence electrons. The van der Waals surface area contributed by atoms with Crippen molar-refractivity contribution in [3.05, 3.63) is 35.4 Å². The normalized spacial score (nSPS) is 26.3. The maximum absolute atomic E-state index is 5.70. The van der Waals surface area contributed by atoms with E-state index >= 15 is 0 Å². The van der Waals surface area contributed by atoms with Gasteiger partial charge in [-0.1, -0.05) is 30.7 Å². The minimum atomic E-state index is 0. The summed E-state index contributed by atoms with van der Waals surface area (Å²) in [7, 11) is 2.20. The Bertz CT molecular complexity index is 534. The Morgan fingerprint density at radius 1 is 1.23 bits per heavy atom. The van der Waals surface area contributed by atoms with Crippen molar-refractivity contribution < 1.29 is 4.74 Å². The summed E-state index contributed by atoms with van der Waals surface area (Å²) in [5.74, 6) is 0.700. The average molecular weight is 382 g/mol. The summed E-state index contributed by atoms with van der Waals surface area (Å²) < 4.78 is 5.70. The van der Waals surface area contributed by atoms with Gasteiger partial charge in [0, 0.05) is 37.8 Å². The van der Waals surface area contributed by atoms with Gasteiger partial charge in [0.25, 0.3) is 0 Å². The molecule has 3 atom stereocenters. The maximum Gasteiger partial charge on any atom is 0.0623 e. The Labute approximate surface area is 165 Å². The zero-order valence-corrected chi connectivity index (χ0v) is 17.4. The molecule has 0 bridgehead atoms. The Balaban J connectivity index is 0.00000243. The van der Waals surface area contributed by atoms with Crippen LogP contribution in [0.2, 0.25) is 0 Å². The van der Waals surface area contributed by atoms with Crippen LogP contribution in [0.4, 0.5) is 0 Å². The number of ether oxygens (including phenoxy) is 1. The van der Waals surface area contributed by atoms with Gasteiger partial charge in [-0.2, -0.15) is 0 Å². The highest BCUT2D eigenvalue weighted by molar-refractivity contribution is 5.85. The van der Waals surface area contributed by atoms with E-state index in [-0.39, 0.29) is 12.4 Å². The van der Waals surface area contributed by atoms with Gasteiger partial charge in [-0.05, 0) is 50.8 Å². The van der Waals surface area contributed by atoms with Gasteiger partial charge in [0.15, 0.2) is 0 Å². The summed E-state index contributed by atoms with van der Waals surface area (Å²) in [6.07, 6.45) is 3.94. The number of hydrogen-bond acceptors (Lipinski definition) is 4. The molecule has 1 aromatic carbocycles. The number of hydrogen-bond donors (Lipinski definition) is 2. The molecule has 2 fully saturated rings. The van der Waals surface area contributed by atoms with Crippen LogP contribution in [0.5, 0.6) is 0 Å². The molecular weight excluding hydrogens is 346 g/mol. The summed E-state index contributed by atoms with van der Waals surface area (Å²) in [5, 5.41) is 7.54. The topological polar surface area (TPSA) is 36.5 Å². The Kier molecular flexibility index (Phi) is 8.85. The van der Waals surface area contributed by atoms with Crippen LogP contribution in [0.15, 0.2) is 24.3 Å². The third-order valence-corrected chi connectivity index (χ3v) is 6.01. The second-order valence-corrected chi connectivity index (χ2v) is 8.00. The Morgan fingerprint density at radius 3 is 2.69 bits per heavy atom. The molecule has 1 aliphatic carbocycles. The number of halogens is 1. The van der Waals surface area contributed by atoms with E-state index in [1.54, 1.807) is 0 Å². The molecule has 3 unspecified atom stereocenters. The number of morpholine rings is 1. The van der Waals surface area contributed by atoms with Crippen molar-refractivity contribution in [2.45, 2.75) is 64.3 Å².